The first kappa shape index (κ1) is 9.62. The van der Waals surface area contributed by atoms with E-state index in [0.29, 0.717) is 5.88 Å². The van der Waals surface area contributed by atoms with Gasteiger partial charge in [-0.05, 0) is 18.6 Å². The average molecular weight is 225 g/mol. The molecule has 2 aromatic heterocycles. The highest BCUT2D eigenvalue weighted by Gasteiger charge is 2.05. The van der Waals surface area contributed by atoms with Crippen LogP contribution in [0.3, 0.4) is 0 Å². The second-order valence-corrected chi connectivity index (χ2v) is 4.09. The highest BCUT2D eigenvalue weighted by atomic mass is 35.5. The second-order valence-electron chi connectivity index (χ2n) is 2.97. The van der Waals surface area contributed by atoms with Gasteiger partial charge in [0.15, 0.2) is 0 Å². The third kappa shape index (κ3) is 1.79. The first-order valence-electron chi connectivity index (χ1n) is 4.22. The first-order valence-corrected chi connectivity index (χ1v) is 5.64. The van der Waals surface area contributed by atoms with Crippen molar-refractivity contribution < 1.29 is 0 Å². The first-order chi connectivity index (χ1) is 6.81. The highest BCUT2D eigenvalue weighted by molar-refractivity contribution is 7.13. The molecule has 0 fully saturated rings. The van der Waals surface area contributed by atoms with E-state index in [0.717, 1.165) is 21.8 Å². The van der Waals surface area contributed by atoms with Crippen LogP contribution in [0.5, 0.6) is 0 Å². The summed E-state index contributed by atoms with van der Waals surface area (Å²) in [6, 6.07) is 1.98. The molecule has 0 aromatic carbocycles. The Balaban J connectivity index is 2.44. The summed E-state index contributed by atoms with van der Waals surface area (Å²) in [4.78, 5) is 8.47. The van der Waals surface area contributed by atoms with Crippen molar-refractivity contribution in [1.82, 2.24) is 9.97 Å². The van der Waals surface area contributed by atoms with E-state index in [1.54, 1.807) is 17.5 Å². The van der Waals surface area contributed by atoms with Crippen molar-refractivity contribution in [2.24, 2.45) is 0 Å². The van der Waals surface area contributed by atoms with Crippen LogP contribution < -0.4 is 0 Å². The maximum absolute atomic E-state index is 5.70. The largest absolute Gasteiger partial charge is 0.264 e. The maximum Gasteiger partial charge on any atom is 0.124 e. The minimum atomic E-state index is 0.473. The molecule has 2 rings (SSSR count). The Hall–Kier alpha value is -0.930. The molecule has 14 heavy (non-hydrogen) atoms. The van der Waals surface area contributed by atoms with E-state index in [-0.39, 0.29) is 0 Å². The third-order valence-electron chi connectivity index (χ3n) is 1.94. The summed E-state index contributed by atoms with van der Waals surface area (Å²) < 4.78 is 0. The molecule has 4 heteroatoms. The lowest BCUT2D eigenvalue weighted by Gasteiger charge is -1.99. The molecule has 0 atom stereocenters. The summed E-state index contributed by atoms with van der Waals surface area (Å²) in [5.74, 6) is 0.473. The molecular weight excluding hydrogens is 216 g/mol. The van der Waals surface area contributed by atoms with Gasteiger partial charge in [0.1, 0.15) is 5.01 Å². The Morgan fingerprint density at radius 1 is 1.50 bits per heavy atom. The maximum atomic E-state index is 5.70. The van der Waals surface area contributed by atoms with Crippen LogP contribution in [0, 0.1) is 6.92 Å². The van der Waals surface area contributed by atoms with Crippen LogP contribution in [-0.2, 0) is 5.88 Å². The van der Waals surface area contributed by atoms with Gasteiger partial charge < -0.3 is 0 Å². The topological polar surface area (TPSA) is 25.8 Å². The van der Waals surface area contributed by atoms with Gasteiger partial charge in [-0.25, -0.2) is 4.98 Å². The molecule has 2 aromatic rings. The van der Waals surface area contributed by atoms with E-state index in [1.165, 1.54) is 0 Å². The molecular formula is C10H9ClN2S. The minimum Gasteiger partial charge on any atom is -0.264 e. The van der Waals surface area contributed by atoms with Gasteiger partial charge in [0.05, 0.1) is 11.6 Å². The molecule has 0 aliphatic heterocycles. The fourth-order valence-corrected chi connectivity index (χ4v) is 2.34. The summed E-state index contributed by atoms with van der Waals surface area (Å²) in [5, 5.41) is 3.00. The normalized spacial score (nSPS) is 10.4. The smallest absolute Gasteiger partial charge is 0.124 e. The number of rotatable bonds is 2. The molecule has 72 valence electrons. The third-order valence-corrected chi connectivity index (χ3v) is 3.14. The lowest BCUT2D eigenvalue weighted by Crippen LogP contribution is -1.84. The SMILES string of the molecule is Cc1cnccc1-c1nc(CCl)cs1. The number of nitrogens with zero attached hydrogens (tertiary/aromatic N) is 2. The zero-order valence-electron chi connectivity index (χ0n) is 7.70. The van der Waals surface area contributed by atoms with Gasteiger partial charge in [0.2, 0.25) is 0 Å². The zero-order chi connectivity index (χ0) is 9.97. The summed E-state index contributed by atoms with van der Waals surface area (Å²) in [6.45, 7) is 2.03. The number of alkyl halides is 1. The molecule has 0 unspecified atom stereocenters. The van der Waals surface area contributed by atoms with Crippen molar-refractivity contribution >= 4 is 22.9 Å². The molecule has 0 spiro atoms. The molecule has 2 nitrogen and oxygen atoms in total. The van der Waals surface area contributed by atoms with Crippen LogP contribution in [0.1, 0.15) is 11.3 Å². The lowest BCUT2D eigenvalue weighted by molar-refractivity contribution is 1.21. The van der Waals surface area contributed by atoms with Crippen LogP contribution in [-0.4, -0.2) is 9.97 Å². The van der Waals surface area contributed by atoms with Crippen molar-refractivity contribution in [3.8, 4) is 10.6 Å². The van der Waals surface area contributed by atoms with Gasteiger partial charge in [-0.15, -0.1) is 22.9 Å². The summed E-state index contributed by atoms with van der Waals surface area (Å²) in [6.07, 6.45) is 3.63. The van der Waals surface area contributed by atoms with Crippen molar-refractivity contribution in [1.29, 1.82) is 0 Å². The Morgan fingerprint density at radius 3 is 3.00 bits per heavy atom. The van der Waals surface area contributed by atoms with Crippen LogP contribution in [0.15, 0.2) is 23.8 Å². The number of pyridine rings is 1. The second kappa shape index (κ2) is 4.07. The Morgan fingerprint density at radius 2 is 2.36 bits per heavy atom. The van der Waals surface area contributed by atoms with Crippen LogP contribution in [0.25, 0.3) is 10.6 Å². The Labute approximate surface area is 91.6 Å². The van der Waals surface area contributed by atoms with Crippen molar-refractivity contribution in [2.75, 3.05) is 0 Å². The summed E-state index contributed by atoms with van der Waals surface area (Å²) in [7, 11) is 0. The monoisotopic (exact) mass is 224 g/mol. The van der Waals surface area contributed by atoms with Crippen molar-refractivity contribution in [2.45, 2.75) is 12.8 Å². The summed E-state index contributed by atoms with van der Waals surface area (Å²) >= 11 is 7.32. The molecule has 2 heterocycles. The average Bonchev–Trinajstić information content (AvgIpc) is 2.67. The fraction of sp³-hybridized carbons (Fsp3) is 0.200. The predicted octanol–water partition coefficient (Wildman–Crippen LogP) is 3.25. The number of hydrogen-bond acceptors (Lipinski definition) is 3. The van der Waals surface area contributed by atoms with Gasteiger partial charge in [0.25, 0.3) is 0 Å². The standard InChI is InChI=1S/C10H9ClN2S/c1-7-5-12-3-2-9(7)10-13-8(4-11)6-14-10/h2-3,5-6H,4H2,1H3. The van der Waals surface area contributed by atoms with E-state index in [4.69, 9.17) is 11.6 Å². The predicted molar refractivity (Wildman–Crippen MR) is 59.6 cm³/mol. The molecule has 0 aliphatic rings. The van der Waals surface area contributed by atoms with Gasteiger partial charge in [-0.1, -0.05) is 0 Å². The molecule has 0 N–H and O–H groups in total. The van der Waals surface area contributed by atoms with E-state index in [9.17, 15) is 0 Å². The minimum absolute atomic E-state index is 0.473. The van der Waals surface area contributed by atoms with Crippen molar-refractivity contribution in [3.63, 3.8) is 0 Å². The number of thiazole rings is 1. The Bertz CT molecular complexity index is 439. The van der Waals surface area contributed by atoms with Gasteiger partial charge >= 0.3 is 0 Å². The van der Waals surface area contributed by atoms with Crippen LogP contribution >= 0.6 is 22.9 Å². The lowest BCUT2D eigenvalue weighted by atomic mass is 10.2. The number of aryl methyl sites for hydroxylation is 1. The molecule has 0 aliphatic carbocycles. The van der Waals surface area contributed by atoms with Crippen LogP contribution in [0.4, 0.5) is 0 Å². The van der Waals surface area contributed by atoms with E-state index in [2.05, 4.69) is 9.97 Å². The van der Waals surface area contributed by atoms with E-state index in [1.807, 2.05) is 24.6 Å². The molecule has 0 radical (unpaired) electrons. The molecule has 0 amide bonds. The molecule has 0 bridgehead atoms. The zero-order valence-corrected chi connectivity index (χ0v) is 9.27. The van der Waals surface area contributed by atoms with Gasteiger partial charge in [-0.2, -0.15) is 0 Å². The van der Waals surface area contributed by atoms with Gasteiger partial charge in [0, 0.05) is 23.3 Å². The molecule has 0 saturated heterocycles. The summed E-state index contributed by atoms with van der Waals surface area (Å²) in [5.41, 5.74) is 3.22. The number of halogens is 1. The number of aromatic nitrogens is 2. The van der Waals surface area contributed by atoms with Gasteiger partial charge in [-0.3, -0.25) is 4.98 Å². The highest BCUT2D eigenvalue weighted by Crippen LogP contribution is 2.26. The fourth-order valence-electron chi connectivity index (χ4n) is 1.21. The van der Waals surface area contributed by atoms with E-state index < -0.39 is 0 Å². The van der Waals surface area contributed by atoms with Crippen LogP contribution in [0.2, 0.25) is 0 Å². The van der Waals surface area contributed by atoms with E-state index >= 15 is 0 Å². The molecule has 0 saturated carbocycles. The quantitative estimate of drug-likeness (QED) is 0.732. The number of hydrogen-bond donors (Lipinski definition) is 0. The van der Waals surface area contributed by atoms with Crippen molar-refractivity contribution in [3.05, 3.63) is 35.1 Å². The Kier molecular flexibility index (Phi) is 2.79.